The van der Waals surface area contributed by atoms with E-state index in [9.17, 15) is 5.26 Å². The van der Waals surface area contributed by atoms with Gasteiger partial charge in [-0.25, -0.2) is 0 Å². The van der Waals surface area contributed by atoms with Gasteiger partial charge in [0.15, 0.2) is 16.8 Å². The topological polar surface area (TPSA) is 105 Å². The van der Waals surface area contributed by atoms with Crippen LogP contribution in [0.4, 0.5) is 11.6 Å². The van der Waals surface area contributed by atoms with Crippen LogP contribution in [0, 0.1) is 17.2 Å². The highest BCUT2D eigenvalue weighted by Crippen LogP contribution is 2.35. The Kier molecular flexibility index (Phi) is 3.39. The Morgan fingerprint density at radius 2 is 2.24 bits per heavy atom. The molecule has 0 radical (unpaired) electrons. The second kappa shape index (κ2) is 5.22. The second-order valence-corrected chi connectivity index (χ2v) is 5.50. The summed E-state index contributed by atoms with van der Waals surface area (Å²) in [6, 6.07) is 5.59. The average Bonchev–Trinajstić information content (AvgIpc) is 3.26. The fourth-order valence-electron chi connectivity index (χ4n) is 2.17. The van der Waals surface area contributed by atoms with E-state index in [0.29, 0.717) is 23.1 Å². The van der Waals surface area contributed by atoms with Gasteiger partial charge in [0.1, 0.15) is 17.5 Å². The zero-order valence-electron chi connectivity index (χ0n) is 11.4. The molecule has 0 bridgehead atoms. The number of anilines is 2. The van der Waals surface area contributed by atoms with Gasteiger partial charge >= 0.3 is 0 Å². The van der Waals surface area contributed by atoms with Crippen molar-refractivity contribution in [3.05, 3.63) is 22.8 Å². The van der Waals surface area contributed by atoms with Crippen LogP contribution in [0.15, 0.2) is 12.1 Å². The smallest absolute Gasteiger partial charge is 0.178 e. The number of halogens is 1. The third kappa shape index (κ3) is 2.62. The second-order valence-electron chi connectivity index (χ2n) is 5.12. The molecular weight excluding hydrogens is 290 g/mol. The first-order valence-corrected chi connectivity index (χ1v) is 7.02. The standard InChI is InChI=1S/C13H14ClN7/c1-7(8-2-3-8)17-13-9(6-15)12(16)21(20-13)11-5-4-10(14)18-19-11/h4-5,7-8H,2-3,16H2,1H3,(H,17,20). The summed E-state index contributed by atoms with van der Waals surface area (Å²) in [6.45, 7) is 2.08. The van der Waals surface area contributed by atoms with E-state index >= 15 is 0 Å². The summed E-state index contributed by atoms with van der Waals surface area (Å²) in [7, 11) is 0. The minimum absolute atomic E-state index is 0.236. The van der Waals surface area contributed by atoms with E-state index < -0.39 is 0 Å². The molecule has 21 heavy (non-hydrogen) atoms. The van der Waals surface area contributed by atoms with Crippen LogP contribution >= 0.6 is 11.6 Å². The first kappa shape index (κ1) is 13.6. The van der Waals surface area contributed by atoms with E-state index in [-0.39, 0.29) is 17.0 Å². The summed E-state index contributed by atoms with van der Waals surface area (Å²) in [5.74, 6) is 1.77. The van der Waals surface area contributed by atoms with Gasteiger partial charge in [-0.1, -0.05) is 11.6 Å². The summed E-state index contributed by atoms with van der Waals surface area (Å²) in [4.78, 5) is 0. The van der Waals surface area contributed by atoms with Gasteiger partial charge < -0.3 is 11.1 Å². The third-order valence-electron chi connectivity index (χ3n) is 3.56. The molecule has 0 amide bonds. The predicted molar refractivity (Wildman–Crippen MR) is 79.1 cm³/mol. The molecule has 7 nitrogen and oxygen atoms in total. The fourth-order valence-corrected chi connectivity index (χ4v) is 2.27. The lowest BCUT2D eigenvalue weighted by atomic mass is 10.2. The highest BCUT2D eigenvalue weighted by atomic mass is 35.5. The molecule has 1 saturated carbocycles. The maximum atomic E-state index is 9.29. The Balaban J connectivity index is 1.96. The Labute approximate surface area is 126 Å². The molecule has 0 aromatic carbocycles. The van der Waals surface area contributed by atoms with Gasteiger partial charge in [0.2, 0.25) is 0 Å². The van der Waals surface area contributed by atoms with Gasteiger partial charge in [-0.2, -0.15) is 9.94 Å². The first-order valence-electron chi connectivity index (χ1n) is 6.65. The van der Waals surface area contributed by atoms with Crippen molar-refractivity contribution >= 4 is 23.2 Å². The van der Waals surface area contributed by atoms with Gasteiger partial charge in [-0.05, 0) is 37.8 Å². The normalized spacial score (nSPS) is 15.5. The van der Waals surface area contributed by atoms with Crippen molar-refractivity contribution in [2.45, 2.75) is 25.8 Å². The number of nitriles is 1. The predicted octanol–water partition coefficient (Wildman–Crippen LogP) is 1.98. The minimum Gasteiger partial charge on any atom is -0.382 e. The largest absolute Gasteiger partial charge is 0.382 e. The number of rotatable bonds is 4. The highest BCUT2D eigenvalue weighted by Gasteiger charge is 2.29. The molecule has 0 saturated heterocycles. The van der Waals surface area contributed by atoms with E-state index in [2.05, 4.69) is 33.6 Å². The van der Waals surface area contributed by atoms with Crippen molar-refractivity contribution in [2.75, 3.05) is 11.1 Å². The molecule has 1 unspecified atom stereocenters. The summed E-state index contributed by atoms with van der Waals surface area (Å²) < 4.78 is 1.39. The lowest BCUT2D eigenvalue weighted by molar-refractivity contribution is 0.686. The van der Waals surface area contributed by atoms with Gasteiger partial charge in [-0.3, -0.25) is 0 Å². The molecule has 2 aromatic rings. The summed E-state index contributed by atoms with van der Waals surface area (Å²) in [5.41, 5.74) is 6.31. The van der Waals surface area contributed by atoms with Crippen molar-refractivity contribution < 1.29 is 0 Å². The van der Waals surface area contributed by atoms with Crippen LogP contribution in [0.3, 0.4) is 0 Å². The van der Waals surface area contributed by atoms with Crippen LogP contribution in [-0.4, -0.2) is 26.0 Å². The van der Waals surface area contributed by atoms with E-state index in [1.54, 1.807) is 12.1 Å². The van der Waals surface area contributed by atoms with E-state index in [1.165, 1.54) is 17.5 Å². The van der Waals surface area contributed by atoms with Crippen molar-refractivity contribution in [3.63, 3.8) is 0 Å². The number of nitrogens with one attached hydrogen (secondary N) is 1. The maximum absolute atomic E-state index is 9.29. The van der Waals surface area contributed by atoms with Crippen LogP contribution in [0.5, 0.6) is 0 Å². The molecule has 1 aliphatic rings. The molecule has 1 fully saturated rings. The van der Waals surface area contributed by atoms with Gasteiger partial charge in [0, 0.05) is 6.04 Å². The van der Waals surface area contributed by atoms with Gasteiger partial charge in [0.25, 0.3) is 0 Å². The average molecular weight is 304 g/mol. The van der Waals surface area contributed by atoms with Crippen LogP contribution in [0.2, 0.25) is 5.15 Å². The van der Waals surface area contributed by atoms with Crippen molar-refractivity contribution in [3.8, 4) is 11.9 Å². The van der Waals surface area contributed by atoms with E-state index in [0.717, 1.165) is 0 Å². The van der Waals surface area contributed by atoms with Crippen molar-refractivity contribution in [2.24, 2.45) is 5.92 Å². The SMILES string of the molecule is CC(Nc1nn(-c2ccc(Cl)nn2)c(N)c1C#N)C1CC1. The van der Waals surface area contributed by atoms with E-state index in [1.807, 2.05) is 0 Å². The highest BCUT2D eigenvalue weighted by molar-refractivity contribution is 6.29. The Hall–Kier alpha value is -2.33. The molecule has 0 aliphatic heterocycles. The number of nitrogens with zero attached hydrogens (tertiary/aromatic N) is 5. The van der Waals surface area contributed by atoms with Crippen LogP contribution in [-0.2, 0) is 0 Å². The summed E-state index contributed by atoms with van der Waals surface area (Å²) >= 11 is 5.71. The van der Waals surface area contributed by atoms with Crippen LogP contribution < -0.4 is 11.1 Å². The zero-order chi connectivity index (χ0) is 15.0. The summed E-state index contributed by atoms with van der Waals surface area (Å²) in [6.07, 6.45) is 2.41. The van der Waals surface area contributed by atoms with Gasteiger partial charge in [0.05, 0.1) is 0 Å². The first-order chi connectivity index (χ1) is 10.1. The fraction of sp³-hybridized carbons (Fsp3) is 0.385. The molecule has 108 valence electrons. The molecule has 1 atom stereocenters. The molecule has 3 rings (SSSR count). The van der Waals surface area contributed by atoms with Crippen LogP contribution in [0.25, 0.3) is 5.82 Å². The van der Waals surface area contributed by atoms with Gasteiger partial charge in [-0.15, -0.1) is 15.3 Å². The Morgan fingerprint density at radius 1 is 1.48 bits per heavy atom. The molecule has 2 heterocycles. The molecule has 2 aromatic heterocycles. The number of nitrogen functional groups attached to an aromatic ring is 1. The quantitative estimate of drug-likeness (QED) is 0.894. The lowest BCUT2D eigenvalue weighted by Crippen LogP contribution is -2.18. The zero-order valence-corrected chi connectivity index (χ0v) is 12.2. The Morgan fingerprint density at radius 3 is 2.81 bits per heavy atom. The molecular formula is C13H14ClN7. The summed E-state index contributed by atoms with van der Waals surface area (Å²) in [5, 5.41) is 24.9. The van der Waals surface area contributed by atoms with Crippen molar-refractivity contribution in [1.29, 1.82) is 5.26 Å². The number of nitrogens with two attached hydrogens (primary N) is 1. The third-order valence-corrected chi connectivity index (χ3v) is 3.76. The lowest BCUT2D eigenvalue weighted by Gasteiger charge is -2.11. The number of hydrogen-bond donors (Lipinski definition) is 2. The number of aromatic nitrogens is 4. The Bertz CT molecular complexity index is 697. The number of hydrogen-bond acceptors (Lipinski definition) is 6. The monoisotopic (exact) mass is 303 g/mol. The maximum Gasteiger partial charge on any atom is 0.178 e. The van der Waals surface area contributed by atoms with E-state index in [4.69, 9.17) is 17.3 Å². The minimum atomic E-state index is 0.236. The molecule has 8 heteroatoms. The molecule has 3 N–H and O–H groups in total. The van der Waals surface area contributed by atoms with Crippen LogP contribution in [0.1, 0.15) is 25.3 Å². The molecule has 1 aliphatic carbocycles. The van der Waals surface area contributed by atoms with Crippen molar-refractivity contribution in [1.82, 2.24) is 20.0 Å². The molecule has 0 spiro atoms.